The van der Waals surface area contributed by atoms with E-state index in [1.165, 1.54) is 0 Å². The molecule has 0 spiro atoms. The second-order valence-electron chi connectivity index (χ2n) is 4.37. The Hall–Kier alpha value is -2.61. The van der Waals surface area contributed by atoms with E-state index in [1.807, 2.05) is 37.3 Å². The van der Waals surface area contributed by atoms with Gasteiger partial charge in [0.05, 0.1) is 6.10 Å². The largest absolute Gasteiger partial charge is 0.491 e. The number of nitriles is 1. The molecule has 1 aromatic heterocycles. The Labute approximate surface area is 118 Å². The Balaban J connectivity index is 2.13. The van der Waals surface area contributed by atoms with Crippen LogP contribution in [0, 0.1) is 11.3 Å². The molecular weight excluding hydrogens is 252 g/mol. The van der Waals surface area contributed by atoms with Crippen LogP contribution in [-0.2, 0) is 0 Å². The van der Waals surface area contributed by atoms with Gasteiger partial charge >= 0.3 is 0 Å². The van der Waals surface area contributed by atoms with Crippen molar-refractivity contribution in [1.82, 2.24) is 9.97 Å². The summed E-state index contributed by atoms with van der Waals surface area (Å²) in [5.74, 6) is 1.19. The first-order valence-corrected chi connectivity index (χ1v) is 6.48. The van der Waals surface area contributed by atoms with Crippen molar-refractivity contribution < 1.29 is 4.74 Å². The lowest BCUT2D eigenvalue weighted by atomic mass is 10.3. The van der Waals surface area contributed by atoms with Gasteiger partial charge in [0, 0.05) is 18.0 Å². The zero-order valence-electron chi connectivity index (χ0n) is 11.5. The third-order valence-corrected chi connectivity index (χ3v) is 2.77. The SMILES string of the molecule is CCC(C)Oc1cccc(Nc2nccc(C#N)n2)c1. The van der Waals surface area contributed by atoms with E-state index < -0.39 is 0 Å². The van der Waals surface area contributed by atoms with E-state index in [0.29, 0.717) is 11.6 Å². The summed E-state index contributed by atoms with van der Waals surface area (Å²) in [5, 5.41) is 11.9. The number of hydrogen-bond donors (Lipinski definition) is 1. The molecule has 5 nitrogen and oxygen atoms in total. The summed E-state index contributed by atoms with van der Waals surface area (Å²) in [7, 11) is 0. The van der Waals surface area contributed by atoms with Gasteiger partial charge in [-0.3, -0.25) is 0 Å². The van der Waals surface area contributed by atoms with Crippen LogP contribution in [0.3, 0.4) is 0 Å². The van der Waals surface area contributed by atoms with Gasteiger partial charge in [0.15, 0.2) is 0 Å². The number of anilines is 2. The average Bonchev–Trinajstić information content (AvgIpc) is 2.47. The maximum atomic E-state index is 8.81. The Morgan fingerprint density at radius 2 is 2.25 bits per heavy atom. The summed E-state index contributed by atoms with van der Waals surface area (Å²) >= 11 is 0. The van der Waals surface area contributed by atoms with Crippen LogP contribution in [0.25, 0.3) is 0 Å². The van der Waals surface area contributed by atoms with Crippen molar-refractivity contribution in [3.8, 4) is 11.8 Å². The number of hydrogen-bond acceptors (Lipinski definition) is 5. The molecule has 0 fully saturated rings. The monoisotopic (exact) mass is 268 g/mol. The van der Waals surface area contributed by atoms with Crippen molar-refractivity contribution >= 4 is 11.6 Å². The molecule has 0 amide bonds. The Bertz CT molecular complexity index is 621. The Morgan fingerprint density at radius 3 is 3.00 bits per heavy atom. The minimum absolute atomic E-state index is 0.170. The van der Waals surface area contributed by atoms with Crippen LogP contribution in [0.2, 0.25) is 0 Å². The number of rotatable bonds is 5. The van der Waals surface area contributed by atoms with Gasteiger partial charge in [0.1, 0.15) is 17.5 Å². The highest BCUT2D eigenvalue weighted by molar-refractivity contribution is 5.56. The van der Waals surface area contributed by atoms with Gasteiger partial charge in [0.25, 0.3) is 0 Å². The molecule has 0 aliphatic carbocycles. The number of ether oxygens (including phenoxy) is 1. The van der Waals surface area contributed by atoms with E-state index in [4.69, 9.17) is 10.00 Å². The molecule has 0 bridgehead atoms. The lowest BCUT2D eigenvalue weighted by Crippen LogP contribution is -2.09. The number of benzene rings is 1. The van der Waals surface area contributed by atoms with Gasteiger partial charge < -0.3 is 10.1 Å². The molecule has 1 unspecified atom stereocenters. The highest BCUT2D eigenvalue weighted by atomic mass is 16.5. The summed E-state index contributed by atoms with van der Waals surface area (Å²) in [4.78, 5) is 8.14. The van der Waals surface area contributed by atoms with Crippen molar-refractivity contribution in [2.75, 3.05) is 5.32 Å². The van der Waals surface area contributed by atoms with Crippen molar-refractivity contribution in [2.45, 2.75) is 26.4 Å². The second-order valence-corrected chi connectivity index (χ2v) is 4.37. The fourth-order valence-electron chi connectivity index (χ4n) is 1.57. The van der Waals surface area contributed by atoms with E-state index in [0.717, 1.165) is 17.9 Å². The molecule has 0 saturated heterocycles. The molecule has 2 aromatic rings. The normalized spacial score (nSPS) is 11.4. The van der Waals surface area contributed by atoms with Gasteiger partial charge in [-0.05, 0) is 31.5 Å². The highest BCUT2D eigenvalue weighted by Crippen LogP contribution is 2.21. The van der Waals surface area contributed by atoms with Gasteiger partial charge in [-0.25, -0.2) is 9.97 Å². The van der Waals surface area contributed by atoms with Gasteiger partial charge in [-0.1, -0.05) is 13.0 Å². The molecular formula is C15H16N4O. The Morgan fingerprint density at radius 1 is 1.40 bits per heavy atom. The van der Waals surface area contributed by atoms with Crippen molar-refractivity contribution in [3.63, 3.8) is 0 Å². The molecule has 20 heavy (non-hydrogen) atoms. The third kappa shape index (κ3) is 3.69. The highest BCUT2D eigenvalue weighted by Gasteiger charge is 2.03. The van der Waals surface area contributed by atoms with E-state index >= 15 is 0 Å². The fourth-order valence-corrected chi connectivity index (χ4v) is 1.57. The lowest BCUT2D eigenvalue weighted by Gasteiger charge is -2.13. The van der Waals surface area contributed by atoms with E-state index in [1.54, 1.807) is 12.3 Å². The molecule has 0 saturated carbocycles. The van der Waals surface area contributed by atoms with Gasteiger partial charge in [-0.15, -0.1) is 0 Å². The molecule has 1 heterocycles. The first-order chi connectivity index (χ1) is 9.71. The summed E-state index contributed by atoms with van der Waals surface area (Å²) in [6, 6.07) is 11.1. The standard InChI is InChI=1S/C15H16N4O/c1-3-11(2)20-14-6-4-5-12(9-14)18-15-17-8-7-13(10-16)19-15/h4-9,11H,3H2,1-2H3,(H,17,18,19). The molecule has 1 atom stereocenters. The van der Waals surface area contributed by atoms with Crippen LogP contribution in [-0.4, -0.2) is 16.1 Å². The topological polar surface area (TPSA) is 70.8 Å². The predicted molar refractivity (Wildman–Crippen MR) is 76.9 cm³/mol. The minimum atomic E-state index is 0.170. The van der Waals surface area contributed by atoms with Gasteiger partial charge in [-0.2, -0.15) is 5.26 Å². The first kappa shape index (κ1) is 13.8. The number of nitrogens with one attached hydrogen (secondary N) is 1. The molecule has 2 rings (SSSR count). The minimum Gasteiger partial charge on any atom is -0.491 e. The summed E-state index contributed by atoms with van der Waals surface area (Å²) in [6.07, 6.45) is 2.67. The second kappa shape index (κ2) is 6.53. The molecule has 1 aromatic carbocycles. The van der Waals surface area contributed by atoms with E-state index in [2.05, 4.69) is 22.2 Å². The quantitative estimate of drug-likeness (QED) is 0.901. The molecule has 0 radical (unpaired) electrons. The third-order valence-electron chi connectivity index (χ3n) is 2.77. The smallest absolute Gasteiger partial charge is 0.228 e. The predicted octanol–water partition coefficient (Wildman–Crippen LogP) is 3.27. The molecule has 0 aliphatic heterocycles. The summed E-state index contributed by atoms with van der Waals surface area (Å²) in [6.45, 7) is 4.10. The van der Waals surface area contributed by atoms with Gasteiger partial charge in [0.2, 0.25) is 5.95 Å². The number of aromatic nitrogens is 2. The van der Waals surface area contributed by atoms with Crippen molar-refractivity contribution in [2.24, 2.45) is 0 Å². The van der Waals surface area contributed by atoms with Crippen LogP contribution < -0.4 is 10.1 Å². The maximum absolute atomic E-state index is 8.81. The van der Waals surface area contributed by atoms with Crippen LogP contribution in [0.4, 0.5) is 11.6 Å². The zero-order valence-corrected chi connectivity index (χ0v) is 11.5. The zero-order chi connectivity index (χ0) is 14.4. The van der Waals surface area contributed by atoms with Crippen LogP contribution in [0.1, 0.15) is 26.0 Å². The molecule has 102 valence electrons. The van der Waals surface area contributed by atoms with Crippen LogP contribution in [0.5, 0.6) is 5.75 Å². The lowest BCUT2D eigenvalue weighted by molar-refractivity contribution is 0.217. The van der Waals surface area contributed by atoms with Crippen LogP contribution >= 0.6 is 0 Å². The molecule has 1 N–H and O–H groups in total. The first-order valence-electron chi connectivity index (χ1n) is 6.48. The van der Waals surface area contributed by atoms with Crippen molar-refractivity contribution in [3.05, 3.63) is 42.2 Å². The van der Waals surface area contributed by atoms with E-state index in [-0.39, 0.29) is 6.10 Å². The number of nitrogens with zero attached hydrogens (tertiary/aromatic N) is 3. The molecule has 5 heteroatoms. The van der Waals surface area contributed by atoms with E-state index in [9.17, 15) is 0 Å². The summed E-state index contributed by atoms with van der Waals surface area (Å²) < 4.78 is 5.75. The van der Waals surface area contributed by atoms with Crippen LogP contribution in [0.15, 0.2) is 36.5 Å². The maximum Gasteiger partial charge on any atom is 0.228 e. The summed E-state index contributed by atoms with van der Waals surface area (Å²) in [5.41, 5.74) is 1.15. The molecule has 0 aliphatic rings. The Kier molecular flexibility index (Phi) is 4.51. The fraction of sp³-hybridized carbons (Fsp3) is 0.267. The average molecular weight is 268 g/mol. The van der Waals surface area contributed by atoms with Crippen molar-refractivity contribution in [1.29, 1.82) is 5.26 Å².